The minimum absolute atomic E-state index is 0.132. The highest BCUT2D eigenvalue weighted by Crippen LogP contribution is 1.97. The first-order valence-corrected chi connectivity index (χ1v) is 6.63. The highest BCUT2D eigenvalue weighted by molar-refractivity contribution is 5.75. The number of rotatable bonds is 9. The van der Waals surface area contributed by atoms with E-state index in [2.05, 4.69) is 31.1 Å². The molecule has 4 heteroatoms. The summed E-state index contributed by atoms with van der Waals surface area (Å²) in [7, 11) is 2.12. The third kappa shape index (κ3) is 7.34. The maximum atomic E-state index is 11.5. The molecule has 0 aromatic rings. The number of hydrogen-bond donors (Lipinski definition) is 1. The number of carbonyl (C=O) groups excluding carboxylic acids is 1. The van der Waals surface area contributed by atoms with Crippen LogP contribution in [0.2, 0.25) is 0 Å². The third-order valence-corrected chi connectivity index (χ3v) is 2.94. The Morgan fingerprint density at radius 2 is 2.00 bits per heavy atom. The lowest BCUT2D eigenvalue weighted by Crippen LogP contribution is -2.39. The molecule has 0 spiro atoms. The fourth-order valence-electron chi connectivity index (χ4n) is 1.50. The normalized spacial score (nSPS) is 13.1. The Morgan fingerprint density at radius 3 is 2.47 bits per heavy atom. The molecule has 0 aromatic carbocycles. The Kier molecular flexibility index (Phi) is 9.09. The lowest BCUT2D eigenvalue weighted by molar-refractivity contribution is -0.145. The molecule has 0 radical (unpaired) electrons. The molecule has 0 amide bonds. The molecule has 0 saturated carbocycles. The Balaban J connectivity index is 3.73. The average molecular weight is 244 g/mol. The van der Waals surface area contributed by atoms with Crippen LogP contribution in [0.15, 0.2) is 0 Å². The van der Waals surface area contributed by atoms with E-state index in [0.717, 1.165) is 25.9 Å². The molecule has 1 atom stereocenters. The minimum atomic E-state index is -0.153. The van der Waals surface area contributed by atoms with Crippen molar-refractivity contribution in [3.05, 3.63) is 0 Å². The average Bonchev–Trinajstić information content (AvgIpc) is 2.28. The van der Waals surface area contributed by atoms with Crippen LogP contribution in [0.3, 0.4) is 0 Å². The predicted octanol–water partition coefficient (Wildman–Crippen LogP) is 1.65. The van der Waals surface area contributed by atoms with Crippen LogP contribution in [0.1, 0.15) is 40.5 Å². The SMILES string of the molecule is CCOC(=O)C(CC)NCCCN(C)C(C)C. The van der Waals surface area contributed by atoms with Gasteiger partial charge in [0.05, 0.1) is 6.61 Å². The summed E-state index contributed by atoms with van der Waals surface area (Å²) in [6, 6.07) is 0.418. The molecule has 0 aliphatic carbocycles. The van der Waals surface area contributed by atoms with E-state index in [9.17, 15) is 4.79 Å². The van der Waals surface area contributed by atoms with E-state index in [1.54, 1.807) is 0 Å². The van der Waals surface area contributed by atoms with E-state index >= 15 is 0 Å². The summed E-state index contributed by atoms with van der Waals surface area (Å²) >= 11 is 0. The van der Waals surface area contributed by atoms with Crippen molar-refractivity contribution in [1.82, 2.24) is 10.2 Å². The number of esters is 1. The van der Waals surface area contributed by atoms with Gasteiger partial charge in [0.25, 0.3) is 0 Å². The zero-order valence-corrected chi connectivity index (χ0v) is 12.0. The van der Waals surface area contributed by atoms with Gasteiger partial charge < -0.3 is 15.0 Å². The smallest absolute Gasteiger partial charge is 0.323 e. The van der Waals surface area contributed by atoms with Crippen LogP contribution in [0.25, 0.3) is 0 Å². The molecule has 0 aliphatic heterocycles. The number of ether oxygens (including phenoxy) is 1. The molecule has 0 rings (SSSR count). The van der Waals surface area contributed by atoms with Gasteiger partial charge >= 0.3 is 5.97 Å². The number of nitrogens with one attached hydrogen (secondary N) is 1. The zero-order chi connectivity index (χ0) is 13.3. The van der Waals surface area contributed by atoms with Gasteiger partial charge in [0.15, 0.2) is 0 Å². The van der Waals surface area contributed by atoms with Crippen LogP contribution >= 0.6 is 0 Å². The highest BCUT2D eigenvalue weighted by Gasteiger charge is 2.16. The fraction of sp³-hybridized carbons (Fsp3) is 0.923. The maximum Gasteiger partial charge on any atom is 0.323 e. The van der Waals surface area contributed by atoms with E-state index < -0.39 is 0 Å². The standard InChI is InChI=1S/C13H28N2O2/c1-6-12(13(16)17-7-2)14-9-8-10-15(5)11(3)4/h11-12,14H,6-10H2,1-5H3. The number of carbonyl (C=O) groups is 1. The first-order valence-electron chi connectivity index (χ1n) is 6.63. The van der Waals surface area contributed by atoms with E-state index in [-0.39, 0.29) is 12.0 Å². The van der Waals surface area contributed by atoms with E-state index in [0.29, 0.717) is 12.6 Å². The van der Waals surface area contributed by atoms with Crippen molar-refractivity contribution in [2.75, 3.05) is 26.7 Å². The Hall–Kier alpha value is -0.610. The van der Waals surface area contributed by atoms with Gasteiger partial charge in [-0.3, -0.25) is 4.79 Å². The molecule has 0 aliphatic rings. The maximum absolute atomic E-state index is 11.5. The van der Waals surface area contributed by atoms with Crippen LogP contribution in [-0.2, 0) is 9.53 Å². The Bertz CT molecular complexity index is 208. The fourth-order valence-corrected chi connectivity index (χ4v) is 1.50. The molecule has 0 heterocycles. The van der Waals surface area contributed by atoms with Gasteiger partial charge in [0, 0.05) is 6.04 Å². The number of hydrogen-bond acceptors (Lipinski definition) is 4. The molecule has 0 aromatic heterocycles. The minimum Gasteiger partial charge on any atom is -0.465 e. The quantitative estimate of drug-likeness (QED) is 0.494. The molecule has 4 nitrogen and oxygen atoms in total. The summed E-state index contributed by atoms with van der Waals surface area (Å²) in [5.74, 6) is -0.132. The van der Waals surface area contributed by atoms with Crippen molar-refractivity contribution in [3.63, 3.8) is 0 Å². The summed E-state index contributed by atoms with van der Waals surface area (Å²) in [5, 5.41) is 3.25. The molecule has 1 N–H and O–H groups in total. The van der Waals surface area contributed by atoms with Crippen molar-refractivity contribution in [2.45, 2.75) is 52.6 Å². The van der Waals surface area contributed by atoms with Crippen LogP contribution in [0.4, 0.5) is 0 Å². The van der Waals surface area contributed by atoms with Crippen molar-refractivity contribution in [1.29, 1.82) is 0 Å². The van der Waals surface area contributed by atoms with Crippen molar-refractivity contribution in [2.24, 2.45) is 0 Å². The second-order valence-corrected chi connectivity index (χ2v) is 4.59. The molecule has 102 valence electrons. The second kappa shape index (κ2) is 9.42. The Morgan fingerprint density at radius 1 is 1.35 bits per heavy atom. The molecule has 1 unspecified atom stereocenters. The first kappa shape index (κ1) is 16.4. The Labute approximate surface area is 106 Å². The van der Waals surface area contributed by atoms with Crippen LogP contribution < -0.4 is 5.32 Å². The molecule has 0 saturated heterocycles. The number of nitrogens with zero attached hydrogens (tertiary/aromatic N) is 1. The van der Waals surface area contributed by atoms with E-state index in [1.807, 2.05) is 13.8 Å². The highest BCUT2D eigenvalue weighted by atomic mass is 16.5. The van der Waals surface area contributed by atoms with Crippen LogP contribution in [-0.4, -0.2) is 49.7 Å². The van der Waals surface area contributed by atoms with Crippen LogP contribution in [0, 0.1) is 0 Å². The summed E-state index contributed by atoms with van der Waals surface area (Å²) in [4.78, 5) is 13.8. The third-order valence-electron chi connectivity index (χ3n) is 2.94. The molecular formula is C13H28N2O2. The first-order chi connectivity index (χ1) is 8.02. The molecular weight excluding hydrogens is 216 g/mol. The largest absolute Gasteiger partial charge is 0.465 e. The summed E-state index contributed by atoms with van der Waals surface area (Å²) in [6.45, 7) is 10.5. The second-order valence-electron chi connectivity index (χ2n) is 4.59. The topological polar surface area (TPSA) is 41.6 Å². The van der Waals surface area contributed by atoms with Gasteiger partial charge in [-0.25, -0.2) is 0 Å². The van der Waals surface area contributed by atoms with Gasteiger partial charge in [0.2, 0.25) is 0 Å². The van der Waals surface area contributed by atoms with Gasteiger partial charge in [-0.05, 0) is 53.8 Å². The summed E-state index contributed by atoms with van der Waals surface area (Å²) in [6.07, 6.45) is 1.82. The predicted molar refractivity (Wildman–Crippen MR) is 71.1 cm³/mol. The lowest BCUT2D eigenvalue weighted by Gasteiger charge is -2.21. The molecule has 0 bridgehead atoms. The molecule has 17 heavy (non-hydrogen) atoms. The van der Waals surface area contributed by atoms with Gasteiger partial charge in [0.1, 0.15) is 6.04 Å². The van der Waals surface area contributed by atoms with Crippen molar-refractivity contribution < 1.29 is 9.53 Å². The van der Waals surface area contributed by atoms with E-state index in [1.165, 1.54) is 0 Å². The monoisotopic (exact) mass is 244 g/mol. The zero-order valence-electron chi connectivity index (χ0n) is 12.0. The van der Waals surface area contributed by atoms with Crippen LogP contribution in [0.5, 0.6) is 0 Å². The van der Waals surface area contributed by atoms with Gasteiger partial charge in [-0.15, -0.1) is 0 Å². The lowest BCUT2D eigenvalue weighted by atomic mass is 10.2. The summed E-state index contributed by atoms with van der Waals surface area (Å²) < 4.78 is 5.00. The summed E-state index contributed by atoms with van der Waals surface area (Å²) in [5.41, 5.74) is 0. The molecule has 0 fully saturated rings. The van der Waals surface area contributed by atoms with Gasteiger partial charge in [-0.1, -0.05) is 6.92 Å². The van der Waals surface area contributed by atoms with Gasteiger partial charge in [-0.2, -0.15) is 0 Å². The van der Waals surface area contributed by atoms with E-state index in [4.69, 9.17) is 4.74 Å². The van der Waals surface area contributed by atoms with Crippen molar-refractivity contribution in [3.8, 4) is 0 Å². The van der Waals surface area contributed by atoms with Crippen molar-refractivity contribution >= 4 is 5.97 Å².